The van der Waals surface area contributed by atoms with E-state index in [0.29, 0.717) is 5.88 Å². The minimum Gasteiger partial charge on any atom is -0.481 e. The van der Waals surface area contributed by atoms with Gasteiger partial charge in [0.05, 0.1) is 7.11 Å². The van der Waals surface area contributed by atoms with Crippen LogP contribution < -0.4 is 10.1 Å². The summed E-state index contributed by atoms with van der Waals surface area (Å²) in [6.07, 6.45) is 4.36. The van der Waals surface area contributed by atoms with Gasteiger partial charge in [0.2, 0.25) is 5.88 Å². The average molecular weight is 242 g/mol. The molecule has 5 heteroatoms. The second-order valence-electron chi connectivity index (χ2n) is 3.48. The molecule has 1 unspecified atom stereocenters. The highest BCUT2D eigenvalue weighted by Crippen LogP contribution is 2.12. The minimum atomic E-state index is -0.697. The Morgan fingerprint density at radius 1 is 1.56 bits per heavy atom. The Balaban J connectivity index is 2.28. The van der Waals surface area contributed by atoms with Gasteiger partial charge in [-0.25, -0.2) is 4.98 Å². The maximum absolute atomic E-state index is 10.8. The molecule has 0 saturated heterocycles. The molecule has 0 fully saturated rings. The summed E-state index contributed by atoms with van der Waals surface area (Å²) in [6, 6.07) is 3.87. The molecule has 4 nitrogen and oxygen atoms in total. The number of aromatic nitrogens is 1. The van der Waals surface area contributed by atoms with Crippen molar-refractivity contribution in [1.29, 1.82) is 0 Å². The van der Waals surface area contributed by atoms with Gasteiger partial charge in [-0.2, -0.15) is 0 Å². The van der Waals surface area contributed by atoms with Crippen molar-refractivity contribution in [1.82, 2.24) is 10.3 Å². The quantitative estimate of drug-likeness (QED) is 0.723. The lowest BCUT2D eigenvalue weighted by Gasteiger charge is -2.07. The van der Waals surface area contributed by atoms with E-state index in [-0.39, 0.29) is 0 Å². The van der Waals surface area contributed by atoms with Crippen molar-refractivity contribution in [2.75, 3.05) is 25.7 Å². The van der Waals surface area contributed by atoms with Crippen molar-refractivity contribution in [3.05, 3.63) is 23.9 Å². The summed E-state index contributed by atoms with van der Waals surface area (Å²) in [5, 5.41) is 3.28. The van der Waals surface area contributed by atoms with E-state index in [2.05, 4.69) is 10.3 Å². The highest BCUT2D eigenvalue weighted by atomic mass is 32.2. The van der Waals surface area contributed by atoms with E-state index < -0.39 is 10.8 Å². The van der Waals surface area contributed by atoms with Crippen molar-refractivity contribution in [3.8, 4) is 5.88 Å². The lowest BCUT2D eigenvalue weighted by molar-refractivity contribution is 0.390. The minimum absolute atomic E-state index is 0.661. The van der Waals surface area contributed by atoms with Crippen LogP contribution in [0.5, 0.6) is 5.88 Å². The second kappa shape index (κ2) is 7.35. The van der Waals surface area contributed by atoms with Crippen LogP contribution in [0.2, 0.25) is 0 Å². The molecule has 0 amide bonds. The van der Waals surface area contributed by atoms with Gasteiger partial charge in [0.25, 0.3) is 0 Å². The summed E-state index contributed by atoms with van der Waals surface area (Å²) >= 11 is 0. The molecular weight excluding hydrogens is 224 g/mol. The fourth-order valence-corrected chi connectivity index (χ4v) is 1.92. The molecule has 1 rings (SSSR count). The Hall–Kier alpha value is -0.940. The summed E-state index contributed by atoms with van der Waals surface area (Å²) in [5.41, 5.74) is 1.04. The number of ether oxygens (including phenoxy) is 1. The number of pyridine rings is 1. The SMILES string of the molecule is COc1ncccc1CNCCCS(C)=O. The maximum Gasteiger partial charge on any atom is 0.217 e. The molecule has 1 heterocycles. The third kappa shape index (κ3) is 4.72. The lowest BCUT2D eigenvalue weighted by atomic mass is 10.2. The number of methoxy groups -OCH3 is 1. The van der Waals surface area contributed by atoms with Crippen molar-refractivity contribution in [2.45, 2.75) is 13.0 Å². The van der Waals surface area contributed by atoms with Gasteiger partial charge < -0.3 is 10.1 Å². The van der Waals surface area contributed by atoms with Crippen molar-refractivity contribution >= 4 is 10.8 Å². The van der Waals surface area contributed by atoms with Crippen LogP contribution in [0.4, 0.5) is 0 Å². The number of nitrogens with zero attached hydrogens (tertiary/aromatic N) is 1. The van der Waals surface area contributed by atoms with E-state index in [1.165, 1.54) is 0 Å². The Morgan fingerprint density at radius 3 is 3.06 bits per heavy atom. The molecule has 0 aliphatic carbocycles. The third-order valence-electron chi connectivity index (χ3n) is 2.14. The van der Waals surface area contributed by atoms with E-state index >= 15 is 0 Å². The fourth-order valence-electron chi connectivity index (χ4n) is 1.37. The Kier molecular flexibility index (Phi) is 6.03. The van der Waals surface area contributed by atoms with Crippen LogP contribution in [0.25, 0.3) is 0 Å². The van der Waals surface area contributed by atoms with Gasteiger partial charge in [-0.15, -0.1) is 0 Å². The summed E-state index contributed by atoms with van der Waals surface area (Å²) < 4.78 is 16.0. The second-order valence-corrected chi connectivity index (χ2v) is 5.03. The van der Waals surface area contributed by atoms with Gasteiger partial charge in [-0.3, -0.25) is 4.21 Å². The van der Waals surface area contributed by atoms with Gasteiger partial charge in [0, 0.05) is 41.1 Å². The van der Waals surface area contributed by atoms with Gasteiger partial charge in [0.1, 0.15) is 0 Å². The van der Waals surface area contributed by atoms with Crippen LogP contribution >= 0.6 is 0 Å². The van der Waals surface area contributed by atoms with E-state index in [0.717, 1.165) is 30.8 Å². The smallest absolute Gasteiger partial charge is 0.217 e. The molecule has 90 valence electrons. The van der Waals surface area contributed by atoms with Gasteiger partial charge >= 0.3 is 0 Å². The number of hydrogen-bond donors (Lipinski definition) is 1. The van der Waals surface area contributed by atoms with Crippen LogP contribution in [0.1, 0.15) is 12.0 Å². The predicted molar refractivity (Wildman–Crippen MR) is 66.0 cm³/mol. The van der Waals surface area contributed by atoms with E-state index in [4.69, 9.17) is 4.74 Å². The maximum atomic E-state index is 10.8. The Bertz CT molecular complexity index is 345. The molecule has 1 aromatic rings. The zero-order valence-corrected chi connectivity index (χ0v) is 10.5. The molecule has 0 radical (unpaired) electrons. The average Bonchev–Trinajstić information content (AvgIpc) is 2.29. The van der Waals surface area contributed by atoms with Crippen LogP contribution in [-0.4, -0.2) is 34.9 Å². The zero-order valence-electron chi connectivity index (χ0n) is 9.73. The molecule has 0 aromatic carbocycles. The summed E-state index contributed by atoms with van der Waals surface area (Å²) in [7, 11) is 0.921. The van der Waals surface area contributed by atoms with Crippen molar-refractivity contribution in [3.63, 3.8) is 0 Å². The van der Waals surface area contributed by atoms with Crippen LogP contribution in [-0.2, 0) is 17.3 Å². The zero-order chi connectivity index (χ0) is 11.8. The fraction of sp³-hybridized carbons (Fsp3) is 0.545. The molecule has 0 aliphatic heterocycles. The third-order valence-corrected chi connectivity index (χ3v) is 3.01. The summed E-state index contributed by atoms with van der Waals surface area (Å²) in [5.74, 6) is 1.41. The Labute approximate surface area is 98.9 Å². The first-order valence-corrected chi connectivity index (χ1v) is 6.95. The summed E-state index contributed by atoms with van der Waals surface area (Å²) in [4.78, 5) is 4.11. The molecule has 0 spiro atoms. The number of hydrogen-bond acceptors (Lipinski definition) is 4. The first kappa shape index (κ1) is 13.1. The first-order chi connectivity index (χ1) is 7.74. The molecule has 0 bridgehead atoms. The van der Waals surface area contributed by atoms with Crippen molar-refractivity contribution < 1.29 is 8.95 Å². The predicted octanol–water partition coefficient (Wildman–Crippen LogP) is 0.948. The van der Waals surface area contributed by atoms with Crippen molar-refractivity contribution in [2.24, 2.45) is 0 Å². The Morgan fingerprint density at radius 2 is 2.38 bits per heavy atom. The highest BCUT2D eigenvalue weighted by molar-refractivity contribution is 7.84. The molecule has 1 aromatic heterocycles. The standard InChI is InChI=1S/C11H18N2O2S/c1-15-11-10(5-3-7-13-11)9-12-6-4-8-16(2)14/h3,5,7,12H,4,6,8-9H2,1-2H3. The van der Waals surface area contributed by atoms with Crippen LogP contribution in [0, 0.1) is 0 Å². The van der Waals surface area contributed by atoms with Crippen LogP contribution in [0.15, 0.2) is 18.3 Å². The molecule has 0 aliphatic rings. The van der Waals surface area contributed by atoms with Gasteiger partial charge in [-0.05, 0) is 19.0 Å². The largest absolute Gasteiger partial charge is 0.481 e. The highest BCUT2D eigenvalue weighted by Gasteiger charge is 2.01. The number of rotatable bonds is 7. The van der Waals surface area contributed by atoms with E-state index in [1.54, 1.807) is 19.6 Å². The molecule has 1 N–H and O–H groups in total. The first-order valence-electron chi connectivity index (χ1n) is 5.22. The van der Waals surface area contributed by atoms with Gasteiger partial charge in [-0.1, -0.05) is 6.07 Å². The topological polar surface area (TPSA) is 51.2 Å². The lowest BCUT2D eigenvalue weighted by Crippen LogP contribution is -2.17. The molecule has 0 saturated carbocycles. The van der Waals surface area contributed by atoms with E-state index in [1.807, 2.05) is 12.1 Å². The van der Waals surface area contributed by atoms with E-state index in [9.17, 15) is 4.21 Å². The molecular formula is C11H18N2O2S. The normalized spacial score (nSPS) is 12.4. The number of nitrogens with one attached hydrogen (secondary N) is 1. The van der Waals surface area contributed by atoms with Crippen LogP contribution in [0.3, 0.4) is 0 Å². The monoisotopic (exact) mass is 242 g/mol. The molecule has 16 heavy (non-hydrogen) atoms. The van der Waals surface area contributed by atoms with Gasteiger partial charge in [0.15, 0.2) is 0 Å². The molecule has 1 atom stereocenters. The summed E-state index contributed by atoms with van der Waals surface area (Å²) in [6.45, 7) is 1.59.